The van der Waals surface area contributed by atoms with Gasteiger partial charge >= 0.3 is 5.97 Å². The summed E-state index contributed by atoms with van der Waals surface area (Å²) in [5.74, 6) is 5.11. The second kappa shape index (κ2) is 5.19. The van der Waals surface area contributed by atoms with Gasteiger partial charge in [-0.25, -0.2) is 5.90 Å². The fraction of sp³-hybridized carbons (Fsp3) is 0.889. The van der Waals surface area contributed by atoms with Crippen LogP contribution in [0, 0.1) is 11.3 Å². The second-order valence-corrected chi connectivity index (χ2v) is 3.96. The maximum Gasteiger partial charge on any atom is 0.313 e. The van der Waals surface area contributed by atoms with Crippen molar-refractivity contribution in [1.82, 2.24) is 0 Å². The van der Waals surface area contributed by atoms with Crippen molar-refractivity contribution in [3.8, 4) is 0 Å². The predicted molar refractivity (Wildman–Crippen MR) is 49.7 cm³/mol. The number of carbonyl (C=O) groups is 1. The van der Waals surface area contributed by atoms with E-state index in [2.05, 4.69) is 4.84 Å². The molecule has 4 heteroatoms. The lowest BCUT2D eigenvalue weighted by atomic mass is 9.83. The maximum atomic E-state index is 11.4. The van der Waals surface area contributed by atoms with E-state index in [9.17, 15) is 4.79 Å². The first-order chi connectivity index (χ1) is 5.96. The highest BCUT2D eigenvalue weighted by atomic mass is 16.6. The zero-order valence-electron chi connectivity index (χ0n) is 8.79. The minimum atomic E-state index is -0.627. The minimum Gasteiger partial charge on any atom is -0.469 e. The Labute approximate surface area is 79.3 Å². The van der Waals surface area contributed by atoms with E-state index in [-0.39, 0.29) is 12.6 Å². The van der Waals surface area contributed by atoms with Gasteiger partial charge in [-0.3, -0.25) is 4.79 Å². The number of hydrogen-bond donors (Lipinski definition) is 1. The van der Waals surface area contributed by atoms with Crippen LogP contribution in [0.4, 0.5) is 0 Å². The van der Waals surface area contributed by atoms with E-state index in [4.69, 9.17) is 10.6 Å². The highest BCUT2D eigenvalue weighted by Crippen LogP contribution is 2.27. The van der Waals surface area contributed by atoms with Gasteiger partial charge in [-0.05, 0) is 19.3 Å². The number of carbonyl (C=O) groups excluding carboxylic acids is 1. The largest absolute Gasteiger partial charge is 0.469 e. The third-order valence-corrected chi connectivity index (χ3v) is 1.94. The molecule has 4 nitrogen and oxygen atoms in total. The Morgan fingerprint density at radius 1 is 1.54 bits per heavy atom. The van der Waals surface area contributed by atoms with Gasteiger partial charge in [0, 0.05) is 0 Å². The molecule has 13 heavy (non-hydrogen) atoms. The number of nitrogens with two attached hydrogens (primary N) is 1. The van der Waals surface area contributed by atoms with Crippen LogP contribution < -0.4 is 5.90 Å². The summed E-state index contributed by atoms with van der Waals surface area (Å²) in [4.78, 5) is 15.9. The molecule has 0 saturated heterocycles. The molecule has 0 spiro atoms. The van der Waals surface area contributed by atoms with Gasteiger partial charge in [-0.1, -0.05) is 13.8 Å². The summed E-state index contributed by atoms with van der Waals surface area (Å²) in [6, 6.07) is 0. The Kier molecular flexibility index (Phi) is 4.95. The van der Waals surface area contributed by atoms with Crippen LogP contribution >= 0.6 is 0 Å². The summed E-state index contributed by atoms with van der Waals surface area (Å²) in [6.45, 7) is 6.07. The van der Waals surface area contributed by atoms with Crippen LogP contribution in [0.25, 0.3) is 0 Å². The average molecular weight is 189 g/mol. The van der Waals surface area contributed by atoms with E-state index >= 15 is 0 Å². The molecule has 0 rings (SSSR count). The molecule has 78 valence electrons. The fourth-order valence-corrected chi connectivity index (χ4v) is 1.53. The van der Waals surface area contributed by atoms with Gasteiger partial charge in [0.1, 0.15) is 0 Å². The monoisotopic (exact) mass is 189 g/mol. The normalized spacial score (nSPS) is 15.5. The summed E-state index contributed by atoms with van der Waals surface area (Å²) in [5, 5.41) is 0. The van der Waals surface area contributed by atoms with Crippen molar-refractivity contribution in [3.63, 3.8) is 0 Å². The van der Waals surface area contributed by atoms with Gasteiger partial charge in [-0.15, -0.1) is 0 Å². The Bertz CT molecular complexity index is 170. The molecule has 1 unspecified atom stereocenters. The van der Waals surface area contributed by atoms with Gasteiger partial charge in [0.25, 0.3) is 0 Å². The lowest BCUT2D eigenvalue weighted by Crippen LogP contribution is -2.36. The molecule has 0 aromatic heterocycles. The molecule has 0 aliphatic carbocycles. The lowest BCUT2D eigenvalue weighted by molar-refractivity contribution is -0.157. The molecule has 0 aliphatic rings. The highest BCUT2D eigenvalue weighted by Gasteiger charge is 2.35. The van der Waals surface area contributed by atoms with Gasteiger partial charge in [0.2, 0.25) is 0 Å². The Morgan fingerprint density at radius 2 is 2.08 bits per heavy atom. The Hall–Kier alpha value is -0.610. The summed E-state index contributed by atoms with van der Waals surface area (Å²) >= 11 is 0. The van der Waals surface area contributed by atoms with Crippen LogP contribution in [0.3, 0.4) is 0 Å². The molecule has 0 aromatic rings. The van der Waals surface area contributed by atoms with E-state index in [0.717, 1.165) is 0 Å². The molecule has 0 aromatic carbocycles. The molecule has 1 atom stereocenters. The summed E-state index contributed by atoms with van der Waals surface area (Å²) in [7, 11) is 1.37. The average Bonchev–Trinajstić information content (AvgIpc) is 2.02. The van der Waals surface area contributed by atoms with Crippen LogP contribution in [-0.2, 0) is 14.4 Å². The number of esters is 1. The molecule has 0 fully saturated rings. The van der Waals surface area contributed by atoms with Crippen molar-refractivity contribution in [2.24, 2.45) is 17.2 Å². The van der Waals surface area contributed by atoms with Crippen LogP contribution in [-0.4, -0.2) is 19.7 Å². The molecule has 0 radical (unpaired) electrons. The van der Waals surface area contributed by atoms with E-state index < -0.39 is 5.41 Å². The van der Waals surface area contributed by atoms with Crippen molar-refractivity contribution in [3.05, 3.63) is 0 Å². The predicted octanol–water partition coefficient (Wildman–Crippen LogP) is 1.10. The quantitative estimate of drug-likeness (QED) is 0.519. The number of rotatable bonds is 5. The third-order valence-electron chi connectivity index (χ3n) is 1.94. The van der Waals surface area contributed by atoms with Gasteiger partial charge in [0.15, 0.2) is 0 Å². The van der Waals surface area contributed by atoms with E-state index in [0.29, 0.717) is 12.3 Å². The van der Waals surface area contributed by atoms with Gasteiger partial charge < -0.3 is 9.57 Å². The highest BCUT2D eigenvalue weighted by molar-refractivity contribution is 5.76. The molecule has 0 amide bonds. The van der Waals surface area contributed by atoms with Crippen molar-refractivity contribution >= 4 is 5.97 Å². The zero-order chi connectivity index (χ0) is 10.5. The molecule has 0 bridgehead atoms. The van der Waals surface area contributed by atoms with Crippen LogP contribution in [0.15, 0.2) is 0 Å². The smallest absolute Gasteiger partial charge is 0.313 e. The van der Waals surface area contributed by atoms with Crippen molar-refractivity contribution in [2.45, 2.75) is 27.2 Å². The number of hydrogen-bond acceptors (Lipinski definition) is 4. The molecule has 0 heterocycles. The molecule has 0 saturated carbocycles. The molecule has 2 N–H and O–H groups in total. The maximum absolute atomic E-state index is 11.4. The van der Waals surface area contributed by atoms with Crippen molar-refractivity contribution in [1.29, 1.82) is 0 Å². The number of ether oxygens (including phenoxy) is 1. The molecular formula is C9H19NO3. The van der Waals surface area contributed by atoms with Crippen molar-refractivity contribution < 1.29 is 14.4 Å². The molecular weight excluding hydrogens is 170 g/mol. The first kappa shape index (κ1) is 12.4. The fourth-order valence-electron chi connectivity index (χ4n) is 1.53. The third kappa shape index (κ3) is 3.74. The first-order valence-corrected chi connectivity index (χ1v) is 4.36. The summed E-state index contributed by atoms with van der Waals surface area (Å²) in [5.41, 5.74) is -0.627. The molecule has 0 aliphatic heterocycles. The summed E-state index contributed by atoms with van der Waals surface area (Å²) < 4.78 is 4.69. The van der Waals surface area contributed by atoms with Crippen LogP contribution in [0.1, 0.15) is 27.2 Å². The SMILES string of the molecule is COC(=O)C(C)(CON)CC(C)C. The standard InChI is InChI=1S/C9H19NO3/c1-7(2)5-9(3,6-13-10)8(11)12-4/h7H,5-6,10H2,1-4H3. The number of methoxy groups -OCH3 is 1. The topological polar surface area (TPSA) is 61.5 Å². The van der Waals surface area contributed by atoms with Gasteiger partial charge in [0.05, 0.1) is 19.1 Å². The lowest BCUT2D eigenvalue weighted by Gasteiger charge is -2.26. The first-order valence-electron chi connectivity index (χ1n) is 4.36. The van der Waals surface area contributed by atoms with Crippen molar-refractivity contribution in [2.75, 3.05) is 13.7 Å². The summed E-state index contributed by atoms with van der Waals surface area (Å²) in [6.07, 6.45) is 0.705. The van der Waals surface area contributed by atoms with Crippen LogP contribution in [0.5, 0.6) is 0 Å². The zero-order valence-corrected chi connectivity index (χ0v) is 8.79. The second-order valence-electron chi connectivity index (χ2n) is 3.96. The Morgan fingerprint density at radius 3 is 2.38 bits per heavy atom. The van der Waals surface area contributed by atoms with Crippen LogP contribution in [0.2, 0.25) is 0 Å². The van der Waals surface area contributed by atoms with E-state index in [1.165, 1.54) is 7.11 Å². The van der Waals surface area contributed by atoms with E-state index in [1.807, 2.05) is 13.8 Å². The van der Waals surface area contributed by atoms with Gasteiger partial charge in [-0.2, -0.15) is 0 Å². The minimum absolute atomic E-state index is 0.192. The Balaban J connectivity index is 4.41. The van der Waals surface area contributed by atoms with E-state index in [1.54, 1.807) is 6.92 Å².